The third kappa shape index (κ3) is 35.9. The molecule has 0 radical (unpaired) electrons. The molecule has 0 aliphatic heterocycles. The predicted octanol–water partition coefficient (Wildman–Crippen LogP) is 11.4. The summed E-state index contributed by atoms with van der Waals surface area (Å²) >= 11 is 0. The summed E-state index contributed by atoms with van der Waals surface area (Å²) in [5, 5.41) is 13.5. The van der Waals surface area contributed by atoms with E-state index in [9.17, 15) is 19.4 Å². The van der Waals surface area contributed by atoms with Gasteiger partial charge < -0.3 is 19.8 Å². The van der Waals surface area contributed by atoms with E-state index in [2.05, 4.69) is 12.2 Å². The van der Waals surface area contributed by atoms with Crippen molar-refractivity contribution in [2.45, 2.75) is 219 Å². The molecule has 3 N–H and O–H groups in total. The monoisotopic (exact) mass is 734 g/mol. The maximum Gasteiger partial charge on any atom is 0.472 e. The molecule has 0 saturated carbocycles. The average molecular weight is 734 g/mol. The van der Waals surface area contributed by atoms with E-state index in [0.29, 0.717) is 17.4 Å². The smallest absolute Gasteiger partial charge is 0.391 e. The summed E-state index contributed by atoms with van der Waals surface area (Å²) in [5.74, 6) is -0.230. The van der Waals surface area contributed by atoms with Crippen LogP contribution in [0.1, 0.15) is 206 Å². The maximum atomic E-state index is 12.3. The Bertz CT molecular complexity index is 794. The molecule has 0 aromatic rings. The largest absolute Gasteiger partial charge is 0.472 e. The van der Waals surface area contributed by atoms with Gasteiger partial charge in [0, 0.05) is 6.42 Å². The van der Waals surface area contributed by atoms with Crippen LogP contribution in [0.25, 0.3) is 0 Å². The summed E-state index contributed by atoms with van der Waals surface area (Å²) in [6.45, 7) is 4.37. The molecule has 3 unspecified atom stereocenters. The molecule has 0 heterocycles. The minimum absolute atomic E-state index is 0.0749. The second-order valence-electron chi connectivity index (χ2n) is 16.0. The van der Waals surface area contributed by atoms with E-state index in [0.717, 1.165) is 19.3 Å². The van der Waals surface area contributed by atoms with Gasteiger partial charge in [0.25, 0.3) is 0 Å². The van der Waals surface area contributed by atoms with Crippen molar-refractivity contribution in [3.8, 4) is 0 Å². The lowest BCUT2D eigenvalue weighted by Crippen LogP contribution is -2.46. The van der Waals surface area contributed by atoms with E-state index < -0.39 is 20.0 Å². The number of phosphoric acid groups is 1. The van der Waals surface area contributed by atoms with Gasteiger partial charge in [0.2, 0.25) is 5.91 Å². The molecule has 3 atom stereocenters. The Kier molecular flexibility index (Phi) is 33.9. The number of carbonyl (C=O) groups excluding carboxylic acids is 1. The fourth-order valence-corrected chi connectivity index (χ4v) is 7.16. The Morgan fingerprint density at radius 1 is 0.600 bits per heavy atom. The molecule has 8 nitrogen and oxygen atoms in total. The second-order valence-corrected chi connectivity index (χ2v) is 17.5. The van der Waals surface area contributed by atoms with Crippen molar-refractivity contribution >= 4 is 13.7 Å². The van der Waals surface area contributed by atoms with Crippen LogP contribution in [0.4, 0.5) is 0 Å². The number of rotatable bonds is 39. The average Bonchev–Trinajstić information content (AvgIpc) is 3.06. The fraction of sp³-hybridized carbons (Fsp3) is 0.976. The number of likely N-dealkylation sites (N-methyl/N-ethyl adjacent to an activating group) is 1. The van der Waals surface area contributed by atoms with Crippen molar-refractivity contribution in [3.63, 3.8) is 0 Å². The van der Waals surface area contributed by atoms with Crippen molar-refractivity contribution in [1.82, 2.24) is 5.32 Å². The number of nitrogens with one attached hydrogen (secondary N) is 1. The molecule has 1 amide bonds. The third-order valence-corrected chi connectivity index (χ3v) is 10.9. The summed E-state index contributed by atoms with van der Waals surface area (Å²) in [6, 6.07) is -0.751. The number of nitrogens with zero attached hydrogens (tertiary/aromatic N) is 1. The quantitative estimate of drug-likeness (QED) is 0.0330. The van der Waals surface area contributed by atoms with E-state index in [-0.39, 0.29) is 25.5 Å². The van der Waals surface area contributed by atoms with Crippen molar-refractivity contribution in [3.05, 3.63) is 0 Å². The first-order valence-corrected chi connectivity index (χ1v) is 22.9. The number of quaternary nitrogens is 1. The van der Waals surface area contributed by atoms with Crippen LogP contribution >= 0.6 is 7.82 Å². The Balaban J connectivity index is 3.63. The lowest BCUT2D eigenvalue weighted by atomic mass is 10.0. The number of amides is 1. The molecular weight excluding hydrogens is 647 g/mol. The first-order chi connectivity index (χ1) is 24.0. The maximum absolute atomic E-state index is 12.3. The van der Waals surface area contributed by atoms with Crippen LogP contribution < -0.4 is 5.32 Å². The van der Waals surface area contributed by atoms with Crippen LogP contribution in [0.2, 0.25) is 0 Å². The van der Waals surface area contributed by atoms with Gasteiger partial charge in [0.05, 0.1) is 39.9 Å². The van der Waals surface area contributed by atoms with E-state index in [1.165, 1.54) is 161 Å². The minimum atomic E-state index is -4.27. The summed E-state index contributed by atoms with van der Waals surface area (Å²) in [5.41, 5.74) is 0. The number of carbonyl (C=O) groups is 1. The highest BCUT2D eigenvalue weighted by Crippen LogP contribution is 2.43. The van der Waals surface area contributed by atoms with Crippen LogP contribution in [0.5, 0.6) is 0 Å². The molecule has 9 heteroatoms. The van der Waals surface area contributed by atoms with E-state index in [1.54, 1.807) is 6.92 Å². The molecule has 0 spiro atoms. The first kappa shape index (κ1) is 49.5. The van der Waals surface area contributed by atoms with E-state index in [1.807, 2.05) is 21.1 Å². The number of aliphatic hydroxyl groups excluding tert-OH is 1. The molecule has 50 heavy (non-hydrogen) atoms. The standard InChI is InChI=1S/C41H85N2O6P/c1-6-8-9-10-11-12-13-14-15-16-17-18-19-20-21-22-23-24-25-26-27-28-29-30-31-32-33-34-35-40(44)39(42-41(45)7-2)38-49-50(46,47)48-37-36-43(3,4)5/h39-40,44H,6-38H2,1-5H3,(H-,42,45,46,47)/p+1. The van der Waals surface area contributed by atoms with Crippen molar-refractivity contribution in [2.75, 3.05) is 40.9 Å². The Labute approximate surface area is 310 Å². The minimum Gasteiger partial charge on any atom is -0.391 e. The summed E-state index contributed by atoms with van der Waals surface area (Å²) in [7, 11) is 1.62. The van der Waals surface area contributed by atoms with Crippen LogP contribution in [0.3, 0.4) is 0 Å². The van der Waals surface area contributed by atoms with Gasteiger partial charge >= 0.3 is 7.82 Å². The molecule has 0 aliphatic rings. The SMILES string of the molecule is CCCCCCCCCCCCCCCCCCCCCCCCCCCCCCC(O)C(COP(=O)(O)OCC[N+](C)(C)C)NC(=O)CC. The lowest BCUT2D eigenvalue weighted by Gasteiger charge is -2.26. The number of aliphatic hydroxyl groups is 1. The van der Waals surface area contributed by atoms with Gasteiger partial charge in [-0.2, -0.15) is 0 Å². The molecule has 0 aromatic heterocycles. The van der Waals surface area contributed by atoms with Crippen molar-refractivity contribution < 1.29 is 32.9 Å². The zero-order valence-corrected chi connectivity index (χ0v) is 34.8. The van der Waals surface area contributed by atoms with Gasteiger partial charge in [-0.05, 0) is 6.42 Å². The predicted molar refractivity (Wildman–Crippen MR) is 212 cm³/mol. The topological polar surface area (TPSA) is 105 Å². The van der Waals surface area contributed by atoms with Crippen LogP contribution in [-0.4, -0.2) is 73.4 Å². The van der Waals surface area contributed by atoms with Gasteiger partial charge in [0.15, 0.2) is 0 Å². The van der Waals surface area contributed by atoms with Crippen LogP contribution in [0, 0.1) is 0 Å². The third-order valence-electron chi connectivity index (χ3n) is 9.92. The Morgan fingerprint density at radius 2 is 0.940 bits per heavy atom. The first-order valence-electron chi connectivity index (χ1n) is 21.4. The van der Waals surface area contributed by atoms with E-state index in [4.69, 9.17) is 9.05 Å². The summed E-state index contributed by atoms with van der Waals surface area (Å²) < 4.78 is 23.1. The highest BCUT2D eigenvalue weighted by molar-refractivity contribution is 7.47. The zero-order valence-electron chi connectivity index (χ0n) is 33.9. The molecular formula is C41H86N2O6P+. The fourth-order valence-electron chi connectivity index (χ4n) is 6.42. The van der Waals surface area contributed by atoms with Gasteiger partial charge in [-0.25, -0.2) is 4.57 Å². The Morgan fingerprint density at radius 3 is 1.26 bits per heavy atom. The van der Waals surface area contributed by atoms with Gasteiger partial charge in [0.1, 0.15) is 13.2 Å². The summed E-state index contributed by atoms with van der Waals surface area (Å²) in [4.78, 5) is 22.0. The number of unbranched alkanes of at least 4 members (excludes halogenated alkanes) is 27. The number of hydrogen-bond acceptors (Lipinski definition) is 5. The lowest BCUT2D eigenvalue weighted by molar-refractivity contribution is -0.870. The molecule has 0 aliphatic carbocycles. The van der Waals surface area contributed by atoms with Gasteiger partial charge in [-0.3, -0.25) is 13.8 Å². The number of phosphoric ester groups is 1. The number of hydrogen-bond donors (Lipinski definition) is 3. The van der Waals surface area contributed by atoms with Gasteiger partial charge in [-0.15, -0.1) is 0 Å². The molecule has 300 valence electrons. The normalized spacial score (nSPS) is 14.5. The highest BCUT2D eigenvalue weighted by Gasteiger charge is 2.28. The molecule has 0 aromatic carbocycles. The zero-order chi connectivity index (χ0) is 37.2. The summed E-state index contributed by atoms with van der Waals surface area (Å²) in [6.07, 6.45) is 38.1. The van der Waals surface area contributed by atoms with Crippen LogP contribution in [-0.2, 0) is 18.4 Å². The van der Waals surface area contributed by atoms with E-state index >= 15 is 0 Å². The second kappa shape index (κ2) is 34.3. The Hall–Kier alpha value is -0.500. The highest BCUT2D eigenvalue weighted by atomic mass is 31.2. The van der Waals surface area contributed by atoms with Gasteiger partial charge in [-0.1, -0.05) is 194 Å². The molecule has 0 bridgehead atoms. The molecule has 0 rings (SSSR count). The molecule has 0 fully saturated rings. The molecule has 0 saturated heterocycles. The van der Waals surface area contributed by atoms with Crippen molar-refractivity contribution in [1.29, 1.82) is 0 Å². The van der Waals surface area contributed by atoms with Crippen LogP contribution in [0.15, 0.2) is 0 Å². The van der Waals surface area contributed by atoms with Crippen molar-refractivity contribution in [2.24, 2.45) is 0 Å².